The van der Waals surface area contributed by atoms with Crippen LogP contribution in [0.4, 0.5) is 5.95 Å². The summed E-state index contributed by atoms with van der Waals surface area (Å²) in [6, 6.07) is 1.41. The van der Waals surface area contributed by atoms with Gasteiger partial charge in [0.1, 0.15) is 0 Å². The predicted octanol–water partition coefficient (Wildman–Crippen LogP) is -1.68. The molecule has 0 unspecified atom stereocenters. The van der Waals surface area contributed by atoms with E-state index in [9.17, 15) is 13.2 Å². The molecule has 0 radical (unpaired) electrons. The minimum Gasteiger partial charge on any atom is -0.481 e. The van der Waals surface area contributed by atoms with E-state index in [0.717, 1.165) is 9.48 Å². The highest BCUT2D eigenvalue weighted by Crippen LogP contribution is 2.28. The first kappa shape index (κ1) is 20.1. The van der Waals surface area contributed by atoms with Gasteiger partial charge < -0.3 is 9.47 Å². The fourth-order valence-corrected chi connectivity index (χ4v) is 3.29. The highest BCUT2D eigenvalue weighted by molar-refractivity contribution is 7.89. The molecule has 154 valence electrons. The quantitative estimate of drug-likeness (QED) is 0.458. The van der Waals surface area contributed by atoms with Crippen LogP contribution in [0.3, 0.4) is 0 Å². The van der Waals surface area contributed by atoms with Gasteiger partial charge >= 0.3 is 0 Å². The number of nitrogens with zero attached hydrogens (tertiary/aromatic N) is 8. The molecule has 3 rings (SSSR count). The fraction of sp³-hybridized carbons (Fsp3) is 0.308. The standard InChI is InChI=1S/C13H16N10O5S/c1-22-12(29(14,25)26)8(10-18-21-23(2)20-10)9(19-22)11(24)17-13-15-6(27-3)5-7(16-13)28-4/h5H,1-4H3,(H2,14,25,26)(H,15,16,17,24). The minimum atomic E-state index is -4.28. The Morgan fingerprint density at radius 1 is 1.14 bits per heavy atom. The Bertz CT molecular complexity index is 1160. The van der Waals surface area contributed by atoms with Crippen LogP contribution in [-0.2, 0) is 24.1 Å². The molecule has 0 atom stereocenters. The first-order chi connectivity index (χ1) is 13.6. The lowest BCUT2D eigenvalue weighted by Gasteiger charge is -2.07. The summed E-state index contributed by atoms with van der Waals surface area (Å²) in [5, 5.41) is 22.5. The summed E-state index contributed by atoms with van der Waals surface area (Å²) in [5.41, 5.74) is -0.537. The normalized spacial score (nSPS) is 11.3. The molecule has 3 aromatic rings. The number of carbonyl (C=O) groups is 1. The Morgan fingerprint density at radius 3 is 2.24 bits per heavy atom. The van der Waals surface area contributed by atoms with E-state index in [4.69, 9.17) is 14.6 Å². The molecule has 16 heteroatoms. The second-order valence-electron chi connectivity index (χ2n) is 5.53. The van der Waals surface area contributed by atoms with Gasteiger partial charge in [-0.15, -0.1) is 10.2 Å². The zero-order valence-electron chi connectivity index (χ0n) is 15.7. The summed E-state index contributed by atoms with van der Waals surface area (Å²) in [4.78, 5) is 21.9. The lowest BCUT2D eigenvalue weighted by atomic mass is 10.2. The number of hydrogen-bond donors (Lipinski definition) is 2. The van der Waals surface area contributed by atoms with E-state index in [-0.39, 0.29) is 34.8 Å². The molecule has 3 aromatic heterocycles. The number of tetrazole rings is 1. The second-order valence-corrected chi connectivity index (χ2v) is 7.01. The van der Waals surface area contributed by atoms with Gasteiger partial charge in [-0.2, -0.15) is 19.9 Å². The number of sulfonamides is 1. The molecular weight excluding hydrogens is 408 g/mol. The zero-order valence-corrected chi connectivity index (χ0v) is 16.5. The molecule has 1 amide bonds. The number of aromatic nitrogens is 8. The van der Waals surface area contributed by atoms with E-state index in [1.807, 2.05) is 0 Å². The maximum atomic E-state index is 12.8. The van der Waals surface area contributed by atoms with Crippen molar-refractivity contribution < 1.29 is 22.7 Å². The van der Waals surface area contributed by atoms with E-state index in [2.05, 4.69) is 35.8 Å². The van der Waals surface area contributed by atoms with Crippen molar-refractivity contribution in [3.05, 3.63) is 11.8 Å². The third kappa shape index (κ3) is 3.97. The number of carbonyl (C=O) groups excluding carboxylic acids is 1. The molecule has 0 aromatic carbocycles. The molecule has 0 saturated carbocycles. The summed E-state index contributed by atoms with van der Waals surface area (Å²) in [5.74, 6) is -0.886. The van der Waals surface area contributed by atoms with Gasteiger partial charge in [0.2, 0.25) is 23.5 Å². The Kier molecular flexibility index (Phi) is 5.12. The van der Waals surface area contributed by atoms with Gasteiger partial charge in [-0.3, -0.25) is 14.8 Å². The van der Waals surface area contributed by atoms with Crippen LogP contribution in [0.2, 0.25) is 0 Å². The van der Waals surface area contributed by atoms with Crippen molar-refractivity contribution in [1.29, 1.82) is 0 Å². The van der Waals surface area contributed by atoms with E-state index >= 15 is 0 Å². The van der Waals surface area contributed by atoms with Crippen LogP contribution in [0, 0.1) is 0 Å². The Hall–Kier alpha value is -3.66. The molecule has 0 aliphatic rings. The summed E-state index contributed by atoms with van der Waals surface area (Å²) in [7, 11) is 1.26. The number of hydrogen-bond acceptors (Lipinski definition) is 11. The van der Waals surface area contributed by atoms with Crippen molar-refractivity contribution in [2.45, 2.75) is 5.03 Å². The number of primary sulfonamides is 1. The first-order valence-corrected chi connectivity index (χ1v) is 9.31. The zero-order chi connectivity index (χ0) is 21.3. The van der Waals surface area contributed by atoms with E-state index < -0.39 is 21.0 Å². The minimum absolute atomic E-state index is 0.134. The van der Waals surface area contributed by atoms with E-state index in [1.54, 1.807) is 0 Å². The smallest absolute Gasteiger partial charge is 0.279 e. The van der Waals surface area contributed by atoms with Gasteiger partial charge in [0, 0.05) is 7.05 Å². The summed E-state index contributed by atoms with van der Waals surface area (Å²) in [6.07, 6.45) is 0. The van der Waals surface area contributed by atoms with Crippen molar-refractivity contribution >= 4 is 21.9 Å². The Balaban J connectivity index is 2.10. The highest BCUT2D eigenvalue weighted by Gasteiger charge is 2.32. The Labute approximate surface area is 163 Å². The average molecular weight is 424 g/mol. The second kappa shape index (κ2) is 7.40. The van der Waals surface area contributed by atoms with Crippen molar-refractivity contribution in [3.8, 4) is 23.1 Å². The predicted molar refractivity (Wildman–Crippen MR) is 95.5 cm³/mol. The molecule has 3 N–H and O–H groups in total. The fourth-order valence-electron chi connectivity index (χ4n) is 2.41. The molecule has 0 saturated heterocycles. The first-order valence-electron chi connectivity index (χ1n) is 7.76. The van der Waals surface area contributed by atoms with Crippen LogP contribution in [0.5, 0.6) is 11.8 Å². The van der Waals surface area contributed by atoms with Crippen LogP contribution in [0.1, 0.15) is 10.5 Å². The SMILES string of the molecule is COc1cc(OC)nc(NC(=O)c2nn(C)c(S(N)(=O)=O)c2-c2nnn(C)n2)n1. The van der Waals surface area contributed by atoms with Crippen molar-refractivity contribution in [2.24, 2.45) is 19.2 Å². The maximum absolute atomic E-state index is 12.8. The molecule has 0 spiro atoms. The number of nitrogens with two attached hydrogens (primary N) is 1. The maximum Gasteiger partial charge on any atom is 0.279 e. The molecule has 0 aliphatic carbocycles. The van der Waals surface area contributed by atoms with Crippen LogP contribution >= 0.6 is 0 Å². The molecule has 0 bridgehead atoms. The van der Waals surface area contributed by atoms with Crippen LogP contribution in [0.25, 0.3) is 11.4 Å². The van der Waals surface area contributed by atoms with Gasteiger partial charge in [0.05, 0.1) is 32.9 Å². The number of ether oxygens (including phenoxy) is 2. The van der Waals surface area contributed by atoms with E-state index in [1.165, 1.54) is 34.4 Å². The van der Waals surface area contributed by atoms with Gasteiger partial charge in [-0.05, 0) is 5.21 Å². The number of nitrogens with one attached hydrogen (secondary N) is 1. The summed E-state index contributed by atoms with van der Waals surface area (Å²) >= 11 is 0. The third-order valence-corrected chi connectivity index (χ3v) is 4.54. The van der Waals surface area contributed by atoms with Crippen LogP contribution in [-0.4, -0.2) is 68.5 Å². The van der Waals surface area contributed by atoms with Crippen molar-refractivity contribution in [3.63, 3.8) is 0 Å². The monoisotopic (exact) mass is 424 g/mol. The van der Waals surface area contributed by atoms with Gasteiger partial charge in [0.25, 0.3) is 15.9 Å². The van der Waals surface area contributed by atoms with Crippen LogP contribution < -0.4 is 19.9 Å². The largest absolute Gasteiger partial charge is 0.481 e. The average Bonchev–Trinajstić information content (AvgIpc) is 3.23. The molecule has 0 aliphatic heterocycles. The number of anilines is 1. The molecule has 0 fully saturated rings. The number of rotatable bonds is 6. The third-order valence-electron chi connectivity index (χ3n) is 3.53. The molecule has 15 nitrogen and oxygen atoms in total. The van der Waals surface area contributed by atoms with Crippen molar-refractivity contribution in [1.82, 2.24) is 40.0 Å². The lowest BCUT2D eigenvalue weighted by molar-refractivity contribution is 0.102. The number of aryl methyl sites for hydroxylation is 2. The van der Waals surface area contributed by atoms with Gasteiger partial charge in [0.15, 0.2) is 10.7 Å². The Morgan fingerprint density at radius 2 is 1.76 bits per heavy atom. The van der Waals surface area contributed by atoms with Gasteiger partial charge in [-0.1, -0.05) is 0 Å². The molecule has 29 heavy (non-hydrogen) atoms. The number of methoxy groups -OCH3 is 2. The van der Waals surface area contributed by atoms with Crippen LogP contribution in [0.15, 0.2) is 11.1 Å². The highest BCUT2D eigenvalue weighted by atomic mass is 32.2. The molecule has 3 heterocycles. The van der Waals surface area contributed by atoms with Crippen molar-refractivity contribution in [2.75, 3.05) is 19.5 Å². The lowest BCUT2D eigenvalue weighted by Crippen LogP contribution is -2.18. The number of amides is 1. The van der Waals surface area contributed by atoms with Gasteiger partial charge in [-0.25, -0.2) is 13.6 Å². The summed E-state index contributed by atoms with van der Waals surface area (Å²) in [6.45, 7) is 0. The summed E-state index contributed by atoms with van der Waals surface area (Å²) < 4.78 is 35.1. The topological polar surface area (TPSA) is 195 Å². The van der Waals surface area contributed by atoms with E-state index in [0.29, 0.717) is 0 Å². The molecular formula is C13H16N10O5S.